The Labute approximate surface area is 134 Å². The van der Waals surface area contributed by atoms with Crippen molar-refractivity contribution >= 4 is 33.4 Å². The van der Waals surface area contributed by atoms with Crippen LogP contribution in [0.25, 0.3) is 0 Å². The summed E-state index contributed by atoms with van der Waals surface area (Å²) in [7, 11) is -3.53. The van der Waals surface area contributed by atoms with E-state index in [-0.39, 0.29) is 10.8 Å². The van der Waals surface area contributed by atoms with Gasteiger partial charge in [-0.15, -0.1) is 0 Å². The van der Waals surface area contributed by atoms with Gasteiger partial charge in [0.05, 0.1) is 10.6 Å². The fourth-order valence-electron chi connectivity index (χ4n) is 2.39. The summed E-state index contributed by atoms with van der Waals surface area (Å²) in [5, 5.41) is 2.71. The average molecular weight is 342 g/mol. The number of anilines is 1. The van der Waals surface area contributed by atoms with Crippen LogP contribution in [0.2, 0.25) is 0 Å². The van der Waals surface area contributed by atoms with Crippen molar-refractivity contribution < 1.29 is 17.9 Å². The highest BCUT2D eigenvalue weighted by Crippen LogP contribution is 2.35. The molecule has 0 bridgehead atoms. The Balaban J connectivity index is 1.94. The van der Waals surface area contributed by atoms with E-state index in [2.05, 4.69) is 5.32 Å². The topological polar surface area (TPSA) is 75.7 Å². The maximum absolute atomic E-state index is 12.6. The molecule has 0 spiro atoms. The Morgan fingerprint density at radius 1 is 1.27 bits per heavy atom. The summed E-state index contributed by atoms with van der Waals surface area (Å²) < 4.78 is 32.4. The van der Waals surface area contributed by atoms with Crippen LogP contribution in [0.5, 0.6) is 5.75 Å². The van der Waals surface area contributed by atoms with Gasteiger partial charge < -0.3 is 10.1 Å². The largest absolute Gasteiger partial charge is 0.476 e. The zero-order valence-corrected chi connectivity index (χ0v) is 14.1. The molecule has 1 fully saturated rings. The fraction of sp³-hybridized carbons (Fsp3) is 0.500. The van der Waals surface area contributed by atoms with Gasteiger partial charge in [0.25, 0.3) is 5.91 Å². The van der Waals surface area contributed by atoms with E-state index >= 15 is 0 Å². The normalized spacial score (nSPS) is 21.6. The molecule has 8 heteroatoms. The Kier molecular flexibility index (Phi) is 3.86. The molecule has 0 aromatic heterocycles. The van der Waals surface area contributed by atoms with Gasteiger partial charge in [-0.25, -0.2) is 8.42 Å². The SMILES string of the molecule is CC1(C)Oc2ccc(S(=O)(=O)N3CCSCC3)cc2NC1=O. The third-order valence-electron chi connectivity index (χ3n) is 3.72. The van der Waals surface area contributed by atoms with Crippen LogP contribution in [0.4, 0.5) is 5.69 Å². The number of sulfonamides is 1. The number of fused-ring (bicyclic) bond motifs is 1. The number of carbonyl (C=O) groups excluding carboxylic acids is 1. The first kappa shape index (κ1) is 15.6. The quantitative estimate of drug-likeness (QED) is 0.882. The number of carbonyl (C=O) groups is 1. The average Bonchev–Trinajstić information content (AvgIpc) is 2.48. The lowest BCUT2D eigenvalue weighted by molar-refractivity contribution is -0.129. The van der Waals surface area contributed by atoms with Crippen molar-refractivity contribution in [2.45, 2.75) is 24.3 Å². The van der Waals surface area contributed by atoms with Crippen LogP contribution < -0.4 is 10.1 Å². The third kappa shape index (κ3) is 2.70. The van der Waals surface area contributed by atoms with Gasteiger partial charge in [0.15, 0.2) is 5.60 Å². The molecule has 1 N–H and O–H groups in total. The summed E-state index contributed by atoms with van der Waals surface area (Å²) in [6, 6.07) is 4.60. The van der Waals surface area contributed by atoms with E-state index in [1.54, 1.807) is 31.7 Å². The Hall–Kier alpha value is -1.25. The van der Waals surface area contributed by atoms with Crippen molar-refractivity contribution in [2.75, 3.05) is 29.9 Å². The van der Waals surface area contributed by atoms with Gasteiger partial charge in [-0.2, -0.15) is 16.1 Å². The minimum Gasteiger partial charge on any atom is -0.476 e. The lowest BCUT2D eigenvalue weighted by Gasteiger charge is -2.32. The van der Waals surface area contributed by atoms with Crippen LogP contribution in [0, 0.1) is 0 Å². The predicted octanol–water partition coefficient (Wildman–Crippen LogP) is 1.53. The van der Waals surface area contributed by atoms with E-state index in [1.165, 1.54) is 16.4 Å². The lowest BCUT2D eigenvalue weighted by atomic mass is 10.1. The van der Waals surface area contributed by atoms with E-state index in [0.29, 0.717) is 24.5 Å². The van der Waals surface area contributed by atoms with Gasteiger partial charge in [0.2, 0.25) is 10.0 Å². The van der Waals surface area contributed by atoms with Crippen molar-refractivity contribution in [1.29, 1.82) is 0 Å². The number of ether oxygens (including phenoxy) is 1. The van der Waals surface area contributed by atoms with Crippen LogP contribution >= 0.6 is 11.8 Å². The van der Waals surface area contributed by atoms with Crippen molar-refractivity contribution in [3.63, 3.8) is 0 Å². The van der Waals surface area contributed by atoms with Gasteiger partial charge in [0, 0.05) is 24.6 Å². The number of benzene rings is 1. The molecule has 2 heterocycles. The summed E-state index contributed by atoms with van der Waals surface area (Å²) in [5.41, 5.74) is -0.561. The molecule has 1 amide bonds. The monoisotopic (exact) mass is 342 g/mol. The number of amides is 1. The van der Waals surface area contributed by atoms with Crippen LogP contribution in [-0.4, -0.2) is 48.8 Å². The Morgan fingerprint density at radius 3 is 2.64 bits per heavy atom. The first-order chi connectivity index (χ1) is 10.3. The summed E-state index contributed by atoms with van der Waals surface area (Å²) >= 11 is 1.75. The van der Waals surface area contributed by atoms with Gasteiger partial charge in [-0.3, -0.25) is 4.79 Å². The van der Waals surface area contributed by atoms with Crippen molar-refractivity contribution in [1.82, 2.24) is 4.31 Å². The van der Waals surface area contributed by atoms with E-state index in [9.17, 15) is 13.2 Å². The van der Waals surface area contributed by atoms with Crippen LogP contribution in [0.15, 0.2) is 23.1 Å². The molecule has 0 saturated carbocycles. The number of nitrogens with zero attached hydrogens (tertiary/aromatic N) is 1. The molecule has 6 nitrogen and oxygen atoms in total. The first-order valence-corrected chi connectivity index (χ1v) is 9.63. The Morgan fingerprint density at radius 2 is 1.95 bits per heavy atom. The molecule has 2 aliphatic heterocycles. The van der Waals surface area contributed by atoms with E-state index in [4.69, 9.17) is 4.74 Å². The number of rotatable bonds is 2. The Bertz CT molecular complexity index is 710. The molecule has 3 rings (SSSR count). The van der Waals surface area contributed by atoms with Gasteiger partial charge >= 0.3 is 0 Å². The molecule has 0 unspecified atom stereocenters. The summed E-state index contributed by atoms with van der Waals surface area (Å²) in [6.07, 6.45) is 0. The lowest BCUT2D eigenvalue weighted by Crippen LogP contribution is -2.45. The first-order valence-electron chi connectivity index (χ1n) is 7.03. The minimum absolute atomic E-state index is 0.182. The molecule has 120 valence electrons. The molecular formula is C14H18N2O4S2. The summed E-state index contributed by atoms with van der Waals surface area (Å²) in [5.74, 6) is 1.80. The van der Waals surface area contributed by atoms with Crippen LogP contribution in [0.3, 0.4) is 0 Å². The minimum atomic E-state index is -3.53. The second-order valence-corrected chi connectivity index (χ2v) is 8.90. The van der Waals surface area contributed by atoms with E-state index < -0.39 is 15.6 Å². The molecule has 1 saturated heterocycles. The highest BCUT2D eigenvalue weighted by molar-refractivity contribution is 7.99. The molecule has 1 aromatic carbocycles. The standard InChI is InChI=1S/C14H18N2O4S2/c1-14(2)13(17)15-11-9-10(3-4-12(11)20-14)22(18,19)16-5-7-21-8-6-16/h3-4,9H,5-8H2,1-2H3,(H,15,17). The fourth-order valence-corrected chi connectivity index (χ4v) is 4.99. The molecule has 1 aromatic rings. The highest BCUT2D eigenvalue weighted by Gasteiger charge is 2.36. The smallest absolute Gasteiger partial charge is 0.268 e. The molecule has 22 heavy (non-hydrogen) atoms. The second-order valence-electron chi connectivity index (χ2n) is 5.74. The highest BCUT2D eigenvalue weighted by atomic mass is 32.2. The third-order valence-corrected chi connectivity index (χ3v) is 6.56. The maximum Gasteiger partial charge on any atom is 0.268 e. The van der Waals surface area contributed by atoms with Gasteiger partial charge in [-0.1, -0.05) is 0 Å². The maximum atomic E-state index is 12.6. The predicted molar refractivity (Wildman–Crippen MR) is 85.9 cm³/mol. The van der Waals surface area contributed by atoms with Crippen molar-refractivity contribution in [3.8, 4) is 5.75 Å². The summed E-state index contributed by atoms with van der Waals surface area (Å²) in [4.78, 5) is 12.1. The number of thioether (sulfide) groups is 1. The van der Waals surface area contributed by atoms with E-state index in [0.717, 1.165) is 11.5 Å². The zero-order chi connectivity index (χ0) is 16.0. The van der Waals surface area contributed by atoms with Crippen LogP contribution in [-0.2, 0) is 14.8 Å². The van der Waals surface area contributed by atoms with Crippen LogP contribution in [0.1, 0.15) is 13.8 Å². The second kappa shape index (κ2) is 5.43. The summed E-state index contributed by atoms with van der Waals surface area (Å²) in [6.45, 7) is 4.36. The number of nitrogens with one attached hydrogen (secondary N) is 1. The number of hydrogen-bond acceptors (Lipinski definition) is 5. The molecule has 0 radical (unpaired) electrons. The van der Waals surface area contributed by atoms with E-state index in [1.807, 2.05) is 0 Å². The van der Waals surface area contributed by atoms with Gasteiger partial charge in [-0.05, 0) is 32.0 Å². The molecule has 0 atom stereocenters. The molecular weight excluding hydrogens is 324 g/mol. The van der Waals surface area contributed by atoms with Crippen molar-refractivity contribution in [3.05, 3.63) is 18.2 Å². The van der Waals surface area contributed by atoms with Gasteiger partial charge in [0.1, 0.15) is 5.75 Å². The molecule has 0 aliphatic carbocycles. The zero-order valence-electron chi connectivity index (χ0n) is 12.5. The molecule has 2 aliphatic rings. The van der Waals surface area contributed by atoms with Crippen molar-refractivity contribution in [2.24, 2.45) is 0 Å². The number of hydrogen-bond donors (Lipinski definition) is 1.